The minimum atomic E-state index is -0.382. The molecular weight excluding hydrogens is 202 g/mol. The van der Waals surface area contributed by atoms with Gasteiger partial charge < -0.3 is 16.4 Å². The molecule has 1 aliphatic heterocycles. The van der Waals surface area contributed by atoms with E-state index in [-0.39, 0.29) is 11.9 Å². The van der Waals surface area contributed by atoms with E-state index in [1.165, 1.54) is 0 Å². The van der Waals surface area contributed by atoms with Crippen molar-refractivity contribution in [1.29, 1.82) is 0 Å². The molecule has 4 heteroatoms. The quantitative estimate of drug-likeness (QED) is 0.766. The van der Waals surface area contributed by atoms with E-state index in [2.05, 4.69) is 4.90 Å². The number of amides is 1. The number of hydrogen-bond acceptors (Lipinski definition) is 3. The van der Waals surface area contributed by atoms with Crippen molar-refractivity contribution < 1.29 is 4.79 Å². The zero-order valence-electron chi connectivity index (χ0n) is 9.44. The summed E-state index contributed by atoms with van der Waals surface area (Å²) in [5.41, 5.74) is 13.9. The Morgan fingerprint density at radius 2 is 2.25 bits per heavy atom. The van der Waals surface area contributed by atoms with Gasteiger partial charge in [0.15, 0.2) is 0 Å². The van der Waals surface area contributed by atoms with E-state index in [1.54, 1.807) is 6.07 Å². The van der Waals surface area contributed by atoms with Crippen LogP contribution in [0, 0.1) is 6.92 Å². The molecule has 1 aliphatic rings. The van der Waals surface area contributed by atoms with Crippen LogP contribution in [0.4, 0.5) is 5.69 Å². The lowest BCUT2D eigenvalue weighted by Gasteiger charge is -2.20. The highest BCUT2D eigenvalue weighted by Gasteiger charge is 2.20. The number of hydrogen-bond donors (Lipinski definition) is 2. The Kier molecular flexibility index (Phi) is 2.83. The number of nitrogens with two attached hydrogens (primary N) is 2. The van der Waals surface area contributed by atoms with Crippen molar-refractivity contribution in [1.82, 2.24) is 0 Å². The highest BCUT2D eigenvalue weighted by molar-refractivity contribution is 5.93. The monoisotopic (exact) mass is 219 g/mol. The third-order valence-corrected chi connectivity index (χ3v) is 3.05. The van der Waals surface area contributed by atoms with Gasteiger partial charge in [-0.25, -0.2) is 0 Å². The Labute approximate surface area is 95.2 Å². The smallest absolute Gasteiger partial charge is 0.248 e. The number of carbonyl (C=O) groups is 1. The summed E-state index contributed by atoms with van der Waals surface area (Å²) < 4.78 is 0. The molecule has 1 unspecified atom stereocenters. The molecule has 1 heterocycles. The van der Waals surface area contributed by atoms with Crippen LogP contribution < -0.4 is 16.4 Å². The molecule has 1 atom stereocenters. The first-order chi connectivity index (χ1) is 7.58. The Hall–Kier alpha value is -1.55. The number of carbonyl (C=O) groups excluding carboxylic acids is 1. The summed E-state index contributed by atoms with van der Waals surface area (Å²) in [4.78, 5) is 13.3. The molecule has 1 fully saturated rings. The molecule has 0 aromatic heterocycles. The van der Waals surface area contributed by atoms with Gasteiger partial charge in [0.25, 0.3) is 0 Å². The third-order valence-electron chi connectivity index (χ3n) is 3.05. The second kappa shape index (κ2) is 4.14. The summed E-state index contributed by atoms with van der Waals surface area (Å²) in [7, 11) is 0. The molecule has 0 aliphatic carbocycles. The molecule has 0 saturated carbocycles. The van der Waals surface area contributed by atoms with E-state index in [4.69, 9.17) is 11.5 Å². The van der Waals surface area contributed by atoms with Crippen molar-refractivity contribution in [2.24, 2.45) is 11.5 Å². The Morgan fingerprint density at radius 3 is 2.75 bits per heavy atom. The molecule has 0 bridgehead atoms. The van der Waals surface area contributed by atoms with E-state index in [1.807, 2.05) is 19.1 Å². The minimum Gasteiger partial charge on any atom is -0.370 e. The highest BCUT2D eigenvalue weighted by Crippen LogP contribution is 2.24. The first-order valence-corrected chi connectivity index (χ1v) is 5.49. The lowest BCUT2D eigenvalue weighted by molar-refractivity contribution is 0.1000. The molecule has 2 rings (SSSR count). The Bertz CT molecular complexity index is 417. The number of rotatable bonds is 2. The second-order valence-corrected chi connectivity index (χ2v) is 4.36. The molecule has 1 aromatic rings. The molecule has 1 amide bonds. The zero-order chi connectivity index (χ0) is 11.7. The summed E-state index contributed by atoms with van der Waals surface area (Å²) in [5, 5.41) is 0. The van der Waals surface area contributed by atoms with Crippen LogP contribution in [0.15, 0.2) is 18.2 Å². The van der Waals surface area contributed by atoms with Crippen LogP contribution in [0.5, 0.6) is 0 Å². The normalized spacial score (nSPS) is 20.1. The average molecular weight is 219 g/mol. The number of nitrogens with zero attached hydrogens (tertiary/aromatic N) is 1. The van der Waals surface area contributed by atoms with Gasteiger partial charge in [-0.15, -0.1) is 0 Å². The topological polar surface area (TPSA) is 72.4 Å². The van der Waals surface area contributed by atoms with Gasteiger partial charge in [-0.2, -0.15) is 0 Å². The molecule has 4 nitrogen and oxygen atoms in total. The van der Waals surface area contributed by atoms with Crippen molar-refractivity contribution in [3.63, 3.8) is 0 Å². The van der Waals surface area contributed by atoms with Crippen molar-refractivity contribution in [2.45, 2.75) is 19.4 Å². The van der Waals surface area contributed by atoms with Gasteiger partial charge in [0, 0.05) is 30.4 Å². The molecule has 0 spiro atoms. The van der Waals surface area contributed by atoms with Crippen molar-refractivity contribution in [3.8, 4) is 0 Å². The van der Waals surface area contributed by atoms with Crippen molar-refractivity contribution in [3.05, 3.63) is 29.3 Å². The van der Waals surface area contributed by atoms with Gasteiger partial charge >= 0.3 is 0 Å². The second-order valence-electron chi connectivity index (χ2n) is 4.36. The summed E-state index contributed by atoms with van der Waals surface area (Å²) in [6.45, 7) is 3.86. The van der Waals surface area contributed by atoms with Gasteiger partial charge in [0.2, 0.25) is 5.91 Å². The van der Waals surface area contributed by atoms with Crippen LogP contribution >= 0.6 is 0 Å². The standard InChI is InChI=1S/C12H17N3O/c1-8-6-9(12(14)16)2-3-11(8)15-5-4-10(13)7-15/h2-3,6,10H,4-5,7,13H2,1H3,(H2,14,16). The van der Waals surface area contributed by atoms with Crippen LogP contribution in [0.2, 0.25) is 0 Å². The Balaban J connectivity index is 2.26. The summed E-state index contributed by atoms with van der Waals surface area (Å²) in [6, 6.07) is 5.82. The third kappa shape index (κ3) is 2.02. The van der Waals surface area contributed by atoms with Crippen LogP contribution in [0.25, 0.3) is 0 Å². The molecule has 4 N–H and O–H groups in total. The Morgan fingerprint density at radius 1 is 1.50 bits per heavy atom. The lowest BCUT2D eigenvalue weighted by Crippen LogP contribution is -2.26. The maximum absolute atomic E-state index is 11.0. The van der Waals surface area contributed by atoms with E-state index in [9.17, 15) is 4.79 Å². The fourth-order valence-electron chi connectivity index (χ4n) is 2.17. The van der Waals surface area contributed by atoms with Gasteiger partial charge in [-0.1, -0.05) is 0 Å². The van der Waals surface area contributed by atoms with Crippen LogP contribution in [0.3, 0.4) is 0 Å². The molecule has 16 heavy (non-hydrogen) atoms. The van der Waals surface area contributed by atoms with Crippen molar-refractivity contribution in [2.75, 3.05) is 18.0 Å². The average Bonchev–Trinajstić information content (AvgIpc) is 2.64. The molecular formula is C12H17N3O. The van der Waals surface area contributed by atoms with E-state index in [0.717, 1.165) is 30.8 Å². The summed E-state index contributed by atoms with van der Waals surface area (Å²) in [6.07, 6.45) is 1.02. The van der Waals surface area contributed by atoms with Crippen LogP contribution in [-0.2, 0) is 0 Å². The van der Waals surface area contributed by atoms with E-state index in [0.29, 0.717) is 5.56 Å². The van der Waals surface area contributed by atoms with E-state index >= 15 is 0 Å². The van der Waals surface area contributed by atoms with Gasteiger partial charge in [0.05, 0.1) is 0 Å². The maximum Gasteiger partial charge on any atom is 0.248 e. The largest absolute Gasteiger partial charge is 0.370 e. The number of benzene rings is 1. The van der Waals surface area contributed by atoms with E-state index < -0.39 is 0 Å². The summed E-state index contributed by atoms with van der Waals surface area (Å²) >= 11 is 0. The fourth-order valence-corrected chi connectivity index (χ4v) is 2.17. The summed E-state index contributed by atoms with van der Waals surface area (Å²) in [5.74, 6) is -0.382. The highest BCUT2D eigenvalue weighted by atomic mass is 16.1. The molecule has 1 aromatic carbocycles. The maximum atomic E-state index is 11.0. The van der Waals surface area contributed by atoms with Crippen molar-refractivity contribution >= 4 is 11.6 Å². The molecule has 0 radical (unpaired) electrons. The fraction of sp³-hybridized carbons (Fsp3) is 0.417. The van der Waals surface area contributed by atoms with Gasteiger partial charge in [-0.3, -0.25) is 4.79 Å². The first-order valence-electron chi connectivity index (χ1n) is 5.49. The predicted octanol–water partition coefficient (Wildman–Crippen LogP) is 0.631. The molecule has 86 valence electrons. The van der Waals surface area contributed by atoms with Gasteiger partial charge in [-0.05, 0) is 37.1 Å². The van der Waals surface area contributed by atoms with Gasteiger partial charge in [0.1, 0.15) is 0 Å². The van der Waals surface area contributed by atoms with Crippen LogP contribution in [0.1, 0.15) is 22.3 Å². The SMILES string of the molecule is Cc1cc(C(N)=O)ccc1N1CCC(N)C1. The number of anilines is 1. The molecule has 1 saturated heterocycles. The predicted molar refractivity (Wildman–Crippen MR) is 64.5 cm³/mol. The number of primary amides is 1. The first kappa shape index (κ1) is 11.0. The van der Waals surface area contributed by atoms with Crippen LogP contribution in [-0.4, -0.2) is 25.0 Å². The minimum absolute atomic E-state index is 0.259. The zero-order valence-corrected chi connectivity index (χ0v) is 9.44. The lowest BCUT2D eigenvalue weighted by atomic mass is 10.1. The number of aryl methyl sites for hydroxylation is 1.